The van der Waals surface area contributed by atoms with Crippen LogP contribution in [0.2, 0.25) is 0 Å². The van der Waals surface area contributed by atoms with E-state index in [0.29, 0.717) is 0 Å². The highest BCUT2D eigenvalue weighted by Crippen LogP contribution is 2.61. The predicted molar refractivity (Wildman–Crippen MR) is 376 cm³/mol. The van der Waals surface area contributed by atoms with Crippen molar-refractivity contribution < 1.29 is 0 Å². The lowest BCUT2D eigenvalue weighted by Crippen LogP contribution is -2.16. The molecule has 0 N–H and O–H groups in total. The van der Waals surface area contributed by atoms with Gasteiger partial charge in [0.2, 0.25) is 0 Å². The van der Waals surface area contributed by atoms with Crippen LogP contribution in [-0.4, -0.2) is 0 Å². The summed E-state index contributed by atoms with van der Waals surface area (Å²) in [7, 11) is 0. The van der Waals surface area contributed by atoms with E-state index in [0.717, 1.165) is 0 Å². The van der Waals surface area contributed by atoms with Crippen LogP contribution in [0, 0.1) is 0 Å². The van der Waals surface area contributed by atoms with Gasteiger partial charge in [0.1, 0.15) is 0 Å². The molecule has 0 heteroatoms. The van der Waals surface area contributed by atoms with Crippen molar-refractivity contribution in [2.24, 2.45) is 0 Å². The fourth-order valence-electron chi connectivity index (χ4n) is 15.9. The number of benzene rings is 14. The molecule has 0 aromatic heterocycles. The van der Waals surface area contributed by atoms with Crippen molar-refractivity contribution >= 4 is 108 Å². The highest BCUT2D eigenvalue weighted by Gasteiger charge is 2.34. The molecule has 0 spiro atoms. The fourth-order valence-corrected chi connectivity index (χ4v) is 15.9. The van der Waals surface area contributed by atoms with Gasteiger partial charge in [0.25, 0.3) is 0 Å². The predicted octanol–water partition coefficient (Wildman–Crippen LogP) is 25.0. The van der Waals surface area contributed by atoms with E-state index in [4.69, 9.17) is 0 Å². The molecule has 1 aliphatic rings. The summed E-state index contributed by atoms with van der Waals surface area (Å²) in [5, 5.41) is 26.7. The summed E-state index contributed by atoms with van der Waals surface area (Å²) in [4.78, 5) is 0. The first-order valence-corrected chi connectivity index (χ1v) is 31.2. The minimum atomic E-state index is -0.0916. The summed E-state index contributed by atoms with van der Waals surface area (Å²) < 4.78 is 0. The van der Waals surface area contributed by atoms with Crippen LogP contribution in [0.4, 0.5) is 0 Å². The Labute approximate surface area is 504 Å². The van der Waals surface area contributed by atoms with E-state index in [9.17, 15) is 0 Å². The average molecular weight is 1100 g/mol. The lowest BCUT2D eigenvalue weighted by Gasteiger charge is -2.28. The van der Waals surface area contributed by atoms with Gasteiger partial charge in [-0.25, -0.2) is 0 Å². The van der Waals surface area contributed by atoms with Gasteiger partial charge < -0.3 is 0 Å². The first-order chi connectivity index (χ1) is 41.2. The summed E-state index contributed by atoms with van der Waals surface area (Å²) in [6.07, 6.45) is 0. The van der Waals surface area contributed by atoms with E-state index in [1.807, 2.05) is 0 Å². The Morgan fingerprint density at radius 2 is 0.512 bits per heavy atom. The van der Waals surface area contributed by atoms with E-state index < -0.39 is 0 Å². The smallest absolute Gasteiger partial charge is 0.000718 e. The molecule has 86 heavy (non-hydrogen) atoms. The average Bonchev–Trinajstić information content (AvgIpc) is 1.48. The van der Waals surface area contributed by atoms with Crippen LogP contribution in [0.15, 0.2) is 206 Å². The molecule has 0 bridgehead atoms. The standard InChI is InChI=1S/C86H70/c1-83(2,3)51-40-49(41-52(44-51)84(4,5)6)71-70-46-69-58-27-20-19-26-57(58)59-28-21-29-64(73(59)69)80(70)72(50-42-53(85(7,8)9)45-54(43-50)86(10,11)12)82-68-39-35-63-61-33-37-66-75-56(48-24-17-14-18-25-48)31-30-55(47-22-15-13-16-23-47)74(75)65-36-32-60(76(61)78(65)66)62-34-38-67(81(71)82)79(68)77(62)63/h13-46H,1-12H3. The Kier molecular flexibility index (Phi) is 10.3. The molecule has 0 saturated carbocycles. The first-order valence-electron chi connectivity index (χ1n) is 31.2. The monoisotopic (exact) mass is 1100 g/mol. The fraction of sp³-hybridized carbons (Fsp3) is 0.186. The second-order valence-corrected chi connectivity index (χ2v) is 29.5. The molecule has 0 unspecified atom stereocenters. The normalized spacial score (nSPS) is 13.3. The van der Waals surface area contributed by atoms with Gasteiger partial charge >= 0.3 is 0 Å². The Morgan fingerprint density at radius 3 is 0.988 bits per heavy atom. The zero-order chi connectivity index (χ0) is 58.8. The minimum Gasteiger partial charge on any atom is -0.0622 e. The van der Waals surface area contributed by atoms with Crippen LogP contribution in [0.5, 0.6) is 0 Å². The van der Waals surface area contributed by atoms with E-state index >= 15 is 0 Å². The van der Waals surface area contributed by atoms with Crippen molar-refractivity contribution in [1.82, 2.24) is 0 Å². The second-order valence-electron chi connectivity index (χ2n) is 29.5. The van der Waals surface area contributed by atoms with Crippen LogP contribution in [0.3, 0.4) is 0 Å². The number of rotatable bonds is 4. The van der Waals surface area contributed by atoms with E-state index in [2.05, 4.69) is 289 Å². The highest BCUT2D eigenvalue weighted by molar-refractivity contribution is 6.49. The molecule has 1 aliphatic carbocycles. The molecular formula is C86H70. The second kappa shape index (κ2) is 17.3. The number of fused-ring (bicyclic) bond motifs is 13. The maximum Gasteiger partial charge on any atom is -0.000718 e. The summed E-state index contributed by atoms with van der Waals surface area (Å²) in [6, 6.07) is 81.0. The van der Waals surface area contributed by atoms with Gasteiger partial charge in [0.15, 0.2) is 0 Å². The molecule has 16 aromatic rings. The zero-order valence-corrected chi connectivity index (χ0v) is 51.6. The van der Waals surface area contributed by atoms with Gasteiger partial charge in [0.05, 0.1) is 0 Å². The quantitative estimate of drug-likeness (QED) is 0.122. The molecule has 0 amide bonds. The van der Waals surface area contributed by atoms with Gasteiger partial charge in [-0.05, 0) is 224 Å². The van der Waals surface area contributed by atoms with E-state index in [1.54, 1.807) is 0 Å². The van der Waals surface area contributed by atoms with Gasteiger partial charge in [-0.1, -0.05) is 283 Å². The summed E-state index contributed by atoms with van der Waals surface area (Å²) in [5.41, 5.74) is 20.7. The Balaban J connectivity index is 1.08. The molecule has 414 valence electrons. The summed E-state index contributed by atoms with van der Waals surface area (Å²) in [6.45, 7) is 28.7. The molecule has 0 fully saturated rings. The number of hydrogen-bond donors (Lipinski definition) is 0. The third kappa shape index (κ3) is 7.05. The maximum atomic E-state index is 2.63. The van der Waals surface area contributed by atoms with Gasteiger partial charge in [-0.3, -0.25) is 0 Å². The molecule has 0 heterocycles. The van der Waals surface area contributed by atoms with Crippen molar-refractivity contribution in [1.29, 1.82) is 0 Å². The lowest BCUT2D eigenvalue weighted by atomic mass is 9.76. The Bertz CT molecular complexity index is 5380. The Morgan fingerprint density at radius 1 is 0.174 bits per heavy atom. The largest absolute Gasteiger partial charge is 0.0622 e. The molecule has 0 aliphatic heterocycles. The minimum absolute atomic E-state index is 0.0900. The van der Waals surface area contributed by atoms with Crippen molar-refractivity contribution in [2.75, 3.05) is 0 Å². The molecule has 0 atom stereocenters. The molecular weight excluding hydrogens is 1030 g/mol. The molecule has 0 saturated heterocycles. The molecule has 16 aromatic carbocycles. The summed E-state index contributed by atoms with van der Waals surface area (Å²) >= 11 is 0. The molecule has 17 rings (SSSR count). The SMILES string of the molecule is CC(C)(C)c1cc(-c2c3cc4c5ccccc5c5cccc(c3c(-c3cc(C(C)(C)C)cc(C(C)(C)C)c3)c3c6ccc7c8ccc9c%10c(ccc(c%11ccc(c23)c6c%117)c%108)-c2c(-c3ccccc3)ccc(-c3ccccc3)c2-9)c54)cc(C(C)(C)C)c1. The van der Waals surface area contributed by atoms with E-state index in [-0.39, 0.29) is 21.7 Å². The van der Waals surface area contributed by atoms with Crippen molar-refractivity contribution in [3.05, 3.63) is 229 Å². The molecule has 0 radical (unpaired) electrons. The van der Waals surface area contributed by atoms with Crippen LogP contribution in [0.1, 0.15) is 105 Å². The van der Waals surface area contributed by atoms with E-state index in [1.165, 1.54) is 197 Å². The van der Waals surface area contributed by atoms with Gasteiger partial charge in [-0.15, -0.1) is 0 Å². The van der Waals surface area contributed by atoms with Crippen LogP contribution in [0.25, 0.3) is 174 Å². The molecule has 0 nitrogen and oxygen atoms in total. The van der Waals surface area contributed by atoms with Crippen LogP contribution < -0.4 is 0 Å². The Hall–Kier alpha value is -9.10. The maximum absolute atomic E-state index is 2.63. The van der Waals surface area contributed by atoms with Gasteiger partial charge in [-0.2, -0.15) is 0 Å². The topological polar surface area (TPSA) is 0 Å². The van der Waals surface area contributed by atoms with Crippen molar-refractivity contribution in [3.63, 3.8) is 0 Å². The van der Waals surface area contributed by atoms with Crippen LogP contribution >= 0.6 is 0 Å². The lowest BCUT2D eigenvalue weighted by molar-refractivity contribution is 0.568. The van der Waals surface area contributed by atoms with Crippen LogP contribution in [-0.2, 0) is 21.7 Å². The number of hydrogen-bond acceptors (Lipinski definition) is 0. The zero-order valence-electron chi connectivity index (χ0n) is 51.6. The summed E-state index contributed by atoms with van der Waals surface area (Å²) in [5.74, 6) is 0. The highest BCUT2D eigenvalue weighted by atomic mass is 14.4. The van der Waals surface area contributed by atoms with Crippen molar-refractivity contribution in [3.8, 4) is 66.8 Å². The third-order valence-electron chi connectivity index (χ3n) is 20.2. The third-order valence-corrected chi connectivity index (χ3v) is 20.2. The van der Waals surface area contributed by atoms with Crippen molar-refractivity contribution in [2.45, 2.75) is 105 Å². The van der Waals surface area contributed by atoms with Gasteiger partial charge in [0, 0.05) is 0 Å². The first kappa shape index (κ1) is 51.3.